The Bertz CT molecular complexity index is 93.6. The number of unbranched alkanes of at least 4 members (excludes halogenated alkanes) is 2. The summed E-state index contributed by atoms with van der Waals surface area (Å²) in [6, 6.07) is 0. The second-order valence-corrected chi connectivity index (χ2v) is 3.89. The number of carbonyl (C=O) groups is 1. The van der Waals surface area contributed by atoms with Gasteiger partial charge in [0.25, 0.3) is 0 Å². The van der Waals surface area contributed by atoms with E-state index < -0.39 is 0 Å². The van der Waals surface area contributed by atoms with Crippen molar-refractivity contribution >= 4 is 18.0 Å². The molecule has 0 saturated heterocycles. The first-order valence-electron chi connectivity index (χ1n) is 4.31. The molecule has 0 radical (unpaired) electrons. The Balaban J connectivity index is 3.27. The molecule has 0 rings (SSSR count). The highest BCUT2D eigenvalue weighted by Gasteiger charge is 2.04. The molecule has 0 saturated carbocycles. The minimum atomic E-state index is 0.569. The lowest BCUT2D eigenvalue weighted by atomic mass is 10.1. The zero-order valence-corrected chi connectivity index (χ0v) is 8.32. The molecule has 1 unspecified atom stereocenters. The highest BCUT2D eigenvalue weighted by Crippen LogP contribution is 2.17. The zero-order chi connectivity index (χ0) is 8.53. The lowest BCUT2D eigenvalue weighted by Gasteiger charge is -2.09. The fraction of sp³-hybridized carbons (Fsp3) is 0.889. The maximum absolute atomic E-state index is 10.2. The Morgan fingerprint density at radius 3 is 2.64 bits per heavy atom. The highest BCUT2D eigenvalue weighted by atomic mass is 32.2. The van der Waals surface area contributed by atoms with Crippen LogP contribution in [0.3, 0.4) is 0 Å². The maximum Gasteiger partial charge on any atom is 0.121 e. The summed E-state index contributed by atoms with van der Waals surface area (Å²) < 4.78 is 0. The molecule has 66 valence electrons. The summed E-state index contributed by atoms with van der Waals surface area (Å²) in [5, 5.41) is 0.569. The van der Waals surface area contributed by atoms with E-state index in [0.29, 0.717) is 5.25 Å². The smallest absolute Gasteiger partial charge is 0.121 e. The van der Waals surface area contributed by atoms with Crippen LogP contribution in [0.15, 0.2) is 0 Å². The van der Waals surface area contributed by atoms with E-state index in [1.54, 1.807) is 0 Å². The van der Waals surface area contributed by atoms with E-state index in [-0.39, 0.29) is 0 Å². The monoisotopic (exact) mass is 174 g/mol. The molecule has 0 N–H and O–H groups in total. The molecule has 0 aliphatic rings. The van der Waals surface area contributed by atoms with Crippen LogP contribution < -0.4 is 0 Å². The number of rotatable bonds is 7. The van der Waals surface area contributed by atoms with Crippen LogP contribution in [-0.4, -0.2) is 17.8 Å². The van der Waals surface area contributed by atoms with Gasteiger partial charge in [0, 0.05) is 11.7 Å². The SMILES string of the molecule is CCCCCC(CC=O)SC. The maximum atomic E-state index is 10.2. The molecular formula is C9H18OS. The molecule has 0 heterocycles. The van der Waals surface area contributed by atoms with E-state index in [9.17, 15) is 4.79 Å². The van der Waals surface area contributed by atoms with E-state index in [1.165, 1.54) is 25.7 Å². The molecule has 0 aliphatic heterocycles. The fourth-order valence-electron chi connectivity index (χ4n) is 1.06. The molecule has 2 heteroatoms. The average Bonchev–Trinajstić information content (AvgIpc) is 2.03. The van der Waals surface area contributed by atoms with E-state index in [0.717, 1.165) is 12.7 Å². The van der Waals surface area contributed by atoms with Crippen molar-refractivity contribution in [3.8, 4) is 0 Å². The minimum absolute atomic E-state index is 0.569. The van der Waals surface area contributed by atoms with E-state index in [2.05, 4.69) is 13.2 Å². The molecule has 0 aromatic carbocycles. The van der Waals surface area contributed by atoms with Crippen LogP contribution in [-0.2, 0) is 4.79 Å². The molecule has 0 aromatic heterocycles. The molecule has 1 nitrogen and oxygen atoms in total. The molecule has 0 spiro atoms. The standard InChI is InChI=1S/C9H18OS/c1-3-4-5-6-9(11-2)7-8-10/h8-9H,3-7H2,1-2H3. The number of aldehydes is 1. The van der Waals surface area contributed by atoms with Crippen molar-refractivity contribution in [1.82, 2.24) is 0 Å². The number of carbonyl (C=O) groups excluding carboxylic acids is 1. The van der Waals surface area contributed by atoms with Crippen LogP contribution in [0.4, 0.5) is 0 Å². The Labute approximate surface area is 73.9 Å². The van der Waals surface area contributed by atoms with Gasteiger partial charge < -0.3 is 4.79 Å². The molecule has 0 fully saturated rings. The Morgan fingerprint density at radius 1 is 1.45 bits per heavy atom. The van der Waals surface area contributed by atoms with Crippen LogP contribution in [0, 0.1) is 0 Å². The van der Waals surface area contributed by atoms with Crippen LogP contribution in [0.5, 0.6) is 0 Å². The summed E-state index contributed by atoms with van der Waals surface area (Å²) in [6.45, 7) is 2.20. The van der Waals surface area contributed by atoms with Gasteiger partial charge in [0.2, 0.25) is 0 Å². The first kappa shape index (κ1) is 11.0. The summed E-state index contributed by atoms with van der Waals surface area (Å²) in [5.41, 5.74) is 0. The average molecular weight is 174 g/mol. The third-order valence-corrected chi connectivity index (χ3v) is 2.92. The summed E-state index contributed by atoms with van der Waals surface area (Å²) in [5.74, 6) is 0. The molecule has 0 bridgehead atoms. The Kier molecular flexibility index (Phi) is 8.13. The van der Waals surface area contributed by atoms with Gasteiger partial charge in [-0.25, -0.2) is 0 Å². The van der Waals surface area contributed by atoms with Gasteiger partial charge in [-0.2, -0.15) is 11.8 Å². The van der Waals surface area contributed by atoms with Crippen LogP contribution >= 0.6 is 11.8 Å². The topological polar surface area (TPSA) is 17.1 Å². The van der Waals surface area contributed by atoms with E-state index in [1.807, 2.05) is 11.8 Å². The minimum Gasteiger partial charge on any atom is -0.303 e. The van der Waals surface area contributed by atoms with Crippen molar-refractivity contribution in [3.05, 3.63) is 0 Å². The molecular weight excluding hydrogens is 156 g/mol. The normalized spacial score (nSPS) is 12.9. The summed E-state index contributed by atoms with van der Waals surface area (Å²) in [6.07, 6.45) is 8.89. The summed E-state index contributed by atoms with van der Waals surface area (Å²) in [4.78, 5) is 10.2. The van der Waals surface area contributed by atoms with Gasteiger partial charge in [-0.3, -0.25) is 0 Å². The molecule has 1 atom stereocenters. The summed E-state index contributed by atoms with van der Waals surface area (Å²) >= 11 is 1.81. The quantitative estimate of drug-likeness (QED) is 0.436. The van der Waals surface area contributed by atoms with E-state index >= 15 is 0 Å². The van der Waals surface area contributed by atoms with Gasteiger partial charge in [0.1, 0.15) is 6.29 Å². The largest absolute Gasteiger partial charge is 0.303 e. The summed E-state index contributed by atoms with van der Waals surface area (Å²) in [7, 11) is 0. The highest BCUT2D eigenvalue weighted by molar-refractivity contribution is 7.99. The third-order valence-electron chi connectivity index (χ3n) is 1.82. The zero-order valence-electron chi connectivity index (χ0n) is 7.51. The van der Waals surface area contributed by atoms with Gasteiger partial charge in [0.15, 0.2) is 0 Å². The fourth-order valence-corrected chi connectivity index (χ4v) is 1.73. The third kappa shape index (κ3) is 6.42. The van der Waals surface area contributed by atoms with Gasteiger partial charge in [-0.15, -0.1) is 0 Å². The van der Waals surface area contributed by atoms with Crippen molar-refractivity contribution in [2.24, 2.45) is 0 Å². The van der Waals surface area contributed by atoms with Crippen molar-refractivity contribution in [2.45, 2.75) is 44.3 Å². The van der Waals surface area contributed by atoms with E-state index in [4.69, 9.17) is 0 Å². The molecule has 11 heavy (non-hydrogen) atoms. The predicted molar refractivity (Wildman–Crippen MR) is 52.1 cm³/mol. The Morgan fingerprint density at radius 2 is 2.18 bits per heavy atom. The van der Waals surface area contributed by atoms with Crippen molar-refractivity contribution < 1.29 is 4.79 Å². The van der Waals surface area contributed by atoms with Crippen molar-refractivity contribution in [3.63, 3.8) is 0 Å². The van der Waals surface area contributed by atoms with Gasteiger partial charge in [-0.05, 0) is 12.7 Å². The number of hydrogen-bond donors (Lipinski definition) is 0. The van der Waals surface area contributed by atoms with Crippen molar-refractivity contribution in [1.29, 1.82) is 0 Å². The molecule has 0 aromatic rings. The molecule has 0 aliphatic carbocycles. The van der Waals surface area contributed by atoms with Crippen LogP contribution in [0.1, 0.15) is 39.0 Å². The van der Waals surface area contributed by atoms with Crippen molar-refractivity contribution in [2.75, 3.05) is 6.26 Å². The van der Waals surface area contributed by atoms with Gasteiger partial charge in [-0.1, -0.05) is 26.2 Å². The predicted octanol–water partition coefficient (Wildman–Crippen LogP) is 2.89. The van der Waals surface area contributed by atoms with Crippen LogP contribution in [0.2, 0.25) is 0 Å². The van der Waals surface area contributed by atoms with Gasteiger partial charge in [0.05, 0.1) is 0 Å². The Hall–Kier alpha value is 0.0200. The number of thioether (sulfide) groups is 1. The number of hydrogen-bond acceptors (Lipinski definition) is 2. The second-order valence-electron chi connectivity index (χ2n) is 2.76. The lowest BCUT2D eigenvalue weighted by Crippen LogP contribution is -2.02. The lowest BCUT2D eigenvalue weighted by molar-refractivity contribution is -0.107. The first-order valence-corrected chi connectivity index (χ1v) is 5.60. The first-order chi connectivity index (χ1) is 5.35. The molecule has 0 amide bonds. The van der Waals surface area contributed by atoms with Gasteiger partial charge >= 0.3 is 0 Å². The second kappa shape index (κ2) is 8.12. The van der Waals surface area contributed by atoms with Crippen LogP contribution in [0.25, 0.3) is 0 Å².